The average Bonchev–Trinajstić information content (AvgIpc) is 3.40. The van der Waals surface area contributed by atoms with Gasteiger partial charge in [0.2, 0.25) is 0 Å². The molecule has 0 aliphatic heterocycles. The molecular formula is C21H16BrN5O2. The molecule has 144 valence electrons. The van der Waals surface area contributed by atoms with Gasteiger partial charge in [-0.2, -0.15) is 4.68 Å². The van der Waals surface area contributed by atoms with E-state index in [0.29, 0.717) is 17.3 Å². The number of tetrazole rings is 1. The summed E-state index contributed by atoms with van der Waals surface area (Å²) >= 11 is 3.43. The number of halogens is 1. The van der Waals surface area contributed by atoms with E-state index in [-0.39, 0.29) is 11.6 Å². The van der Waals surface area contributed by atoms with Crippen molar-refractivity contribution in [3.05, 3.63) is 82.7 Å². The van der Waals surface area contributed by atoms with Crippen LogP contribution in [0.3, 0.4) is 0 Å². The van der Waals surface area contributed by atoms with Crippen LogP contribution < -0.4 is 5.32 Å². The molecule has 1 N–H and O–H groups in total. The number of anilines is 1. The highest BCUT2D eigenvalue weighted by Crippen LogP contribution is 2.24. The van der Waals surface area contributed by atoms with Gasteiger partial charge in [-0.15, -0.1) is 5.10 Å². The Kier molecular flexibility index (Phi) is 5.35. The molecule has 0 fully saturated rings. The molecule has 0 aliphatic carbocycles. The summed E-state index contributed by atoms with van der Waals surface area (Å²) < 4.78 is 7.74. The fourth-order valence-electron chi connectivity index (χ4n) is 2.80. The van der Waals surface area contributed by atoms with Gasteiger partial charge < -0.3 is 9.73 Å². The predicted molar refractivity (Wildman–Crippen MR) is 114 cm³/mol. The van der Waals surface area contributed by atoms with Crippen LogP contribution in [0, 0.1) is 6.92 Å². The lowest BCUT2D eigenvalue weighted by Gasteiger charge is -2.12. The Morgan fingerprint density at radius 1 is 1.14 bits per heavy atom. The van der Waals surface area contributed by atoms with Gasteiger partial charge in [-0.1, -0.05) is 46.3 Å². The first kappa shape index (κ1) is 18.8. The standard InChI is InChI=1S/C21H16BrN5O2/c1-14-12-16(22)9-10-18(14)23-21(28)19(13-17-8-5-11-29-17)27-20(24-25-26-27)15-6-3-2-4-7-15/h2-13H,1H3,(H,23,28)/b19-13-. The molecule has 8 heteroatoms. The van der Waals surface area contributed by atoms with Crippen molar-refractivity contribution >= 4 is 39.3 Å². The number of benzene rings is 2. The van der Waals surface area contributed by atoms with Crippen LogP contribution in [-0.4, -0.2) is 26.1 Å². The van der Waals surface area contributed by atoms with Gasteiger partial charge in [0.05, 0.1) is 6.26 Å². The molecule has 0 unspecified atom stereocenters. The number of aryl methyl sites for hydroxylation is 1. The minimum Gasteiger partial charge on any atom is -0.465 e. The van der Waals surface area contributed by atoms with Gasteiger partial charge in [-0.3, -0.25) is 4.79 Å². The van der Waals surface area contributed by atoms with E-state index in [1.807, 2.05) is 55.5 Å². The van der Waals surface area contributed by atoms with Crippen molar-refractivity contribution in [3.63, 3.8) is 0 Å². The van der Waals surface area contributed by atoms with Crippen LogP contribution in [0.1, 0.15) is 11.3 Å². The number of furan rings is 1. The van der Waals surface area contributed by atoms with E-state index < -0.39 is 0 Å². The zero-order valence-electron chi connectivity index (χ0n) is 15.4. The highest BCUT2D eigenvalue weighted by molar-refractivity contribution is 9.10. The van der Waals surface area contributed by atoms with Gasteiger partial charge in [0.25, 0.3) is 5.91 Å². The largest absolute Gasteiger partial charge is 0.465 e. The molecule has 0 radical (unpaired) electrons. The molecule has 4 aromatic rings. The molecule has 0 saturated heterocycles. The maximum Gasteiger partial charge on any atom is 0.274 e. The third kappa shape index (κ3) is 4.17. The highest BCUT2D eigenvalue weighted by Gasteiger charge is 2.20. The quantitative estimate of drug-likeness (QED) is 0.448. The van der Waals surface area contributed by atoms with E-state index in [1.165, 1.54) is 10.9 Å². The smallest absolute Gasteiger partial charge is 0.274 e. The van der Waals surface area contributed by atoms with E-state index >= 15 is 0 Å². The molecule has 0 spiro atoms. The molecule has 7 nitrogen and oxygen atoms in total. The van der Waals surface area contributed by atoms with E-state index in [2.05, 4.69) is 36.8 Å². The van der Waals surface area contributed by atoms with Gasteiger partial charge in [0, 0.05) is 21.8 Å². The Hall–Kier alpha value is -3.52. The second-order valence-electron chi connectivity index (χ2n) is 6.24. The maximum absolute atomic E-state index is 13.2. The second-order valence-corrected chi connectivity index (χ2v) is 7.15. The van der Waals surface area contributed by atoms with Crippen LogP contribution in [0.15, 0.2) is 75.8 Å². The van der Waals surface area contributed by atoms with Gasteiger partial charge in [-0.05, 0) is 53.2 Å². The summed E-state index contributed by atoms with van der Waals surface area (Å²) in [7, 11) is 0. The molecule has 29 heavy (non-hydrogen) atoms. The second kappa shape index (κ2) is 8.24. The van der Waals surface area contributed by atoms with E-state index in [1.54, 1.807) is 18.2 Å². The Morgan fingerprint density at radius 2 is 1.97 bits per heavy atom. The number of rotatable bonds is 5. The van der Waals surface area contributed by atoms with Crippen LogP contribution in [0.25, 0.3) is 23.2 Å². The number of nitrogens with one attached hydrogen (secondary N) is 1. The zero-order valence-corrected chi connectivity index (χ0v) is 17.0. The van der Waals surface area contributed by atoms with Crippen LogP contribution >= 0.6 is 15.9 Å². The van der Waals surface area contributed by atoms with E-state index in [9.17, 15) is 4.79 Å². The van der Waals surface area contributed by atoms with Crippen LogP contribution in [0.2, 0.25) is 0 Å². The predicted octanol–water partition coefficient (Wildman–Crippen LogP) is 4.64. The number of nitrogens with zero attached hydrogens (tertiary/aromatic N) is 4. The number of hydrogen-bond acceptors (Lipinski definition) is 5. The number of amides is 1. The number of aromatic nitrogens is 4. The lowest BCUT2D eigenvalue weighted by molar-refractivity contribution is -0.111. The van der Waals surface area contributed by atoms with E-state index in [0.717, 1.165) is 15.6 Å². The fourth-order valence-corrected chi connectivity index (χ4v) is 3.28. The van der Waals surface area contributed by atoms with Gasteiger partial charge in [-0.25, -0.2) is 0 Å². The summed E-state index contributed by atoms with van der Waals surface area (Å²) in [4.78, 5) is 13.2. The minimum absolute atomic E-state index is 0.228. The average molecular weight is 450 g/mol. The Morgan fingerprint density at radius 3 is 2.69 bits per heavy atom. The third-order valence-corrected chi connectivity index (χ3v) is 4.71. The third-order valence-electron chi connectivity index (χ3n) is 4.22. The summed E-state index contributed by atoms with van der Waals surface area (Å²) in [6.07, 6.45) is 3.14. The summed E-state index contributed by atoms with van der Waals surface area (Å²) in [6.45, 7) is 1.92. The van der Waals surface area contributed by atoms with Gasteiger partial charge in [0.15, 0.2) is 5.82 Å². The highest BCUT2D eigenvalue weighted by atomic mass is 79.9. The van der Waals surface area contributed by atoms with Crippen molar-refractivity contribution in [1.82, 2.24) is 20.2 Å². The fraction of sp³-hybridized carbons (Fsp3) is 0.0476. The topological polar surface area (TPSA) is 85.8 Å². The van der Waals surface area contributed by atoms with Crippen molar-refractivity contribution in [2.45, 2.75) is 6.92 Å². The summed E-state index contributed by atoms with van der Waals surface area (Å²) in [5.41, 5.74) is 2.63. The number of hydrogen-bond donors (Lipinski definition) is 1. The summed E-state index contributed by atoms with van der Waals surface area (Å²) in [6, 6.07) is 18.6. The summed E-state index contributed by atoms with van der Waals surface area (Å²) in [5, 5.41) is 14.9. The van der Waals surface area contributed by atoms with Crippen LogP contribution in [0.4, 0.5) is 5.69 Å². The molecule has 0 bridgehead atoms. The molecule has 0 atom stereocenters. The Labute approximate surface area is 175 Å². The molecule has 2 heterocycles. The molecular weight excluding hydrogens is 434 g/mol. The SMILES string of the molecule is Cc1cc(Br)ccc1NC(=O)/C(=C/c1ccco1)n1nnnc1-c1ccccc1. The Bertz CT molecular complexity index is 1170. The van der Waals surface area contributed by atoms with E-state index in [4.69, 9.17) is 4.42 Å². The van der Waals surface area contributed by atoms with Crippen molar-refractivity contribution in [3.8, 4) is 11.4 Å². The first-order valence-corrected chi connectivity index (χ1v) is 9.58. The number of carbonyl (C=O) groups excluding carboxylic acids is 1. The molecule has 0 aliphatic rings. The zero-order chi connectivity index (χ0) is 20.2. The molecule has 1 amide bonds. The van der Waals surface area contributed by atoms with Gasteiger partial charge >= 0.3 is 0 Å². The normalized spacial score (nSPS) is 11.4. The lowest BCUT2D eigenvalue weighted by atomic mass is 10.2. The first-order valence-electron chi connectivity index (χ1n) is 8.79. The molecule has 4 rings (SSSR count). The van der Waals surface area contributed by atoms with Gasteiger partial charge in [0.1, 0.15) is 11.5 Å². The monoisotopic (exact) mass is 449 g/mol. The summed E-state index contributed by atoms with van der Waals surface area (Å²) in [5.74, 6) is 0.597. The number of carbonyl (C=O) groups is 1. The maximum atomic E-state index is 13.2. The molecule has 0 saturated carbocycles. The first-order chi connectivity index (χ1) is 14.1. The van der Waals surface area contributed by atoms with Crippen molar-refractivity contribution < 1.29 is 9.21 Å². The minimum atomic E-state index is -0.365. The van der Waals surface area contributed by atoms with Crippen molar-refractivity contribution in [2.24, 2.45) is 0 Å². The van der Waals surface area contributed by atoms with Crippen molar-refractivity contribution in [1.29, 1.82) is 0 Å². The lowest BCUT2D eigenvalue weighted by Crippen LogP contribution is -2.19. The van der Waals surface area contributed by atoms with Crippen LogP contribution in [0.5, 0.6) is 0 Å². The van der Waals surface area contributed by atoms with Crippen molar-refractivity contribution in [2.75, 3.05) is 5.32 Å². The molecule has 2 aromatic carbocycles. The molecule has 2 aromatic heterocycles. The Balaban J connectivity index is 1.76. The van der Waals surface area contributed by atoms with Crippen LogP contribution in [-0.2, 0) is 4.79 Å².